The van der Waals surface area contributed by atoms with Crippen LogP contribution in [-0.4, -0.2) is 13.1 Å². The van der Waals surface area contributed by atoms with E-state index >= 15 is 0 Å². The Balaban J connectivity index is 0.00000196. The molecule has 1 rings (SSSR count). The Morgan fingerprint density at radius 3 is 2.20 bits per heavy atom. The quantitative estimate of drug-likeness (QED) is 0.796. The highest BCUT2D eigenvalue weighted by Crippen LogP contribution is 2.16. The second-order valence-corrected chi connectivity index (χ2v) is 2.63. The van der Waals surface area contributed by atoms with Gasteiger partial charge in [0.05, 0.1) is 7.11 Å². The highest BCUT2D eigenvalue weighted by molar-refractivity contribution is 5.90. The largest absolute Gasteiger partial charge is 0.465 e. The van der Waals surface area contributed by atoms with Gasteiger partial charge < -0.3 is 10.5 Å². The molecule has 0 atom stereocenters. The zero-order chi connectivity index (χ0) is 10.7. The molecule has 0 spiro atoms. The standard InChI is InChI=1S/C9H9F2NO2.ClH/c1-14-9(13)8-6(10)2-5(4-12)3-7(8)11;/h2-3H,4,12H2,1H3;1H. The number of benzene rings is 1. The average molecular weight is 238 g/mol. The van der Waals surface area contributed by atoms with E-state index in [4.69, 9.17) is 5.73 Å². The van der Waals surface area contributed by atoms with E-state index in [1.807, 2.05) is 0 Å². The molecule has 0 bridgehead atoms. The van der Waals surface area contributed by atoms with Crippen molar-refractivity contribution in [3.8, 4) is 0 Å². The molecule has 0 aliphatic heterocycles. The molecule has 6 heteroatoms. The number of carbonyl (C=O) groups excluding carboxylic acids is 1. The monoisotopic (exact) mass is 237 g/mol. The van der Waals surface area contributed by atoms with Crippen molar-refractivity contribution < 1.29 is 18.3 Å². The summed E-state index contributed by atoms with van der Waals surface area (Å²) in [5.41, 5.74) is 4.79. The lowest BCUT2D eigenvalue weighted by Crippen LogP contribution is -2.09. The van der Waals surface area contributed by atoms with Gasteiger partial charge in [0.1, 0.15) is 17.2 Å². The maximum atomic E-state index is 13.1. The molecule has 0 aliphatic rings. The van der Waals surface area contributed by atoms with E-state index in [2.05, 4.69) is 4.74 Å². The first kappa shape index (κ1) is 13.8. The van der Waals surface area contributed by atoms with Crippen LogP contribution in [0, 0.1) is 11.6 Å². The van der Waals surface area contributed by atoms with E-state index in [1.54, 1.807) is 0 Å². The van der Waals surface area contributed by atoms with Crippen LogP contribution < -0.4 is 5.73 Å². The molecule has 0 aromatic heterocycles. The summed E-state index contributed by atoms with van der Waals surface area (Å²) in [7, 11) is 1.05. The minimum Gasteiger partial charge on any atom is -0.465 e. The number of hydrogen-bond donors (Lipinski definition) is 1. The first-order valence-electron chi connectivity index (χ1n) is 3.86. The van der Waals surface area contributed by atoms with Gasteiger partial charge in [-0.05, 0) is 17.7 Å². The van der Waals surface area contributed by atoms with Gasteiger partial charge in [0.15, 0.2) is 0 Å². The molecule has 0 heterocycles. The van der Waals surface area contributed by atoms with Gasteiger partial charge in [0.25, 0.3) is 0 Å². The number of ether oxygens (including phenoxy) is 1. The first-order chi connectivity index (χ1) is 6.60. The third-order valence-corrected chi connectivity index (χ3v) is 1.73. The maximum Gasteiger partial charge on any atom is 0.343 e. The van der Waals surface area contributed by atoms with E-state index in [-0.39, 0.29) is 24.5 Å². The first-order valence-corrected chi connectivity index (χ1v) is 3.86. The summed E-state index contributed by atoms with van der Waals surface area (Å²) in [6, 6.07) is 2.02. The number of nitrogens with two attached hydrogens (primary N) is 1. The van der Waals surface area contributed by atoms with Crippen LogP contribution in [0.2, 0.25) is 0 Å². The molecular formula is C9H10ClF2NO2. The lowest BCUT2D eigenvalue weighted by molar-refractivity contribution is 0.0590. The Morgan fingerprint density at radius 1 is 1.40 bits per heavy atom. The number of halogens is 3. The molecule has 84 valence electrons. The van der Waals surface area contributed by atoms with Crippen molar-refractivity contribution in [3.05, 3.63) is 34.9 Å². The van der Waals surface area contributed by atoms with Crippen molar-refractivity contribution >= 4 is 18.4 Å². The lowest BCUT2D eigenvalue weighted by atomic mass is 10.1. The summed E-state index contributed by atoms with van der Waals surface area (Å²) in [6.07, 6.45) is 0. The van der Waals surface area contributed by atoms with Crippen LogP contribution in [0.3, 0.4) is 0 Å². The minimum absolute atomic E-state index is 0. The van der Waals surface area contributed by atoms with Crippen LogP contribution >= 0.6 is 12.4 Å². The van der Waals surface area contributed by atoms with Gasteiger partial charge in [-0.15, -0.1) is 12.4 Å². The Morgan fingerprint density at radius 2 is 1.87 bits per heavy atom. The predicted octanol–water partition coefficient (Wildman–Crippen LogP) is 1.63. The van der Waals surface area contributed by atoms with E-state index < -0.39 is 23.2 Å². The van der Waals surface area contributed by atoms with Crippen molar-refractivity contribution in [2.45, 2.75) is 6.54 Å². The lowest BCUT2D eigenvalue weighted by Gasteiger charge is -2.04. The molecular weight excluding hydrogens is 228 g/mol. The molecule has 0 saturated heterocycles. The van der Waals surface area contributed by atoms with E-state index in [0.717, 1.165) is 19.2 Å². The van der Waals surface area contributed by atoms with Crippen molar-refractivity contribution in [1.82, 2.24) is 0 Å². The zero-order valence-electron chi connectivity index (χ0n) is 7.92. The van der Waals surface area contributed by atoms with Gasteiger partial charge in [-0.3, -0.25) is 0 Å². The van der Waals surface area contributed by atoms with E-state index in [0.29, 0.717) is 0 Å². The third-order valence-electron chi connectivity index (χ3n) is 1.73. The van der Waals surface area contributed by atoms with Crippen molar-refractivity contribution in [3.63, 3.8) is 0 Å². The second kappa shape index (κ2) is 5.63. The van der Waals surface area contributed by atoms with E-state index in [9.17, 15) is 13.6 Å². The number of rotatable bonds is 2. The average Bonchev–Trinajstić information content (AvgIpc) is 2.16. The van der Waals surface area contributed by atoms with E-state index in [1.165, 1.54) is 0 Å². The Bertz CT molecular complexity index is 348. The van der Waals surface area contributed by atoms with Crippen LogP contribution in [0.1, 0.15) is 15.9 Å². The smallest absolute Gasteiger partial charge is 0.343 e. The van der Waals surface area contributed by atoms with Gasteiger partial charge in [-0.25, -0.2) is 13.6 Å². The fourth-order valence-corrected chi connectivity index (χ4v) is 1.04. The molecule has 0 unspecified atom stereocenters. The molecule has 3 nitrogen and oxygen atoms in total. The van der Waals surface area contributed by atoms with Crippen molar-refractivity contribution in [2.24, 2.45) is 5.73 Å². The van der Waals surface area contributed by atoms with Crippen molar-refractivity contribution in [1.29, 1.82) is 0 Å². The summed E-state index contributed by atoms with van der Waals surface area (Å²) in [5, 5.41) is 0. The molecule has 2 N–H and O–H groups in total. The van der Waals surface area contributed by atoms with Crippen LogP contribution in [-0.2, 0) is 11.3 Å². The zero-order valence-corrected chi connectivity index (χ0v) is 8.74. The van der Waals surface area contributed by atoms with Crippen LogP contribution in [0.5, 0.6) is 0 Å². The van der Waals surface area contributed by atoms with Gasteiger partial charge in [-0.2, -0.15) is 0 Å². The van der Waals surface area contributed by atoms with Crippen LogP contribution in [0.4, 0.5) is 8.78 Å². The molecule has 15 heavy (non-hydrogen) atoms. The molecule has 0 saturated carbocycles. The summed E-state index contributed by atoms with van der Waals surface area (Å²) < 4.78 is 30.5. The molecule has 0 aliphatic carbocycles. The number of hydrogen-bond acceptors (Lipinski definition) is 3. The van der Waals surface area contributed by atoms with Gasteiger partial charge >= 0.3 is 5.97 Å². The number of methoxy groups -OCH3 is 1. The Labute approximate surface area is 91.6 Å². The van der Waals surface area contributed by atoms with Crippen molar-refractivity contribution in [2.75, 3.05) is 7.11 Å². The molecule has 1 aromatic rings. The summed E-state index contributed by atoms with van der Waals surface area (Å²) in [4.78, 5) is 10.9. The summed E-state index contributed by atoms with van der Waals surface area (Å²) in [5.74, 6) is -2.96. The summed E-state index contributed by atoms with van der Waals surface area (Å²) in [6.45, 7) is 0.00922. The summed E-state index contributed by atoms with van der Waals surface area (Å²) >= 11 is 0. The normalized spacial score (nSPS) is 9.33. The van der Waals surface area contributed by atoms with Gasteiger partial charge in [-0.1, -0.05) is 0 Å². The third kappa shape index (κ3) is 2.87. The van der Waals surface area contributed by atoms with Crippen LogP contribution in [0.25, 0.3) is 0 Å². The topological polar surface area (TPSA) is 52.3 Å². The number of carbonyl (C=O) groups is 1. The van der Waals surface area contributed by atoms with Gasteiger partial charge in [0, 0.05) is 6.54 Å². The fourth-order valence-electron chi connectivity index (χ4n) is 1.04. The minimum atomic E-state index is -1.04. The molecule has 1 aromatic carbocycles. The second-order valence-electron chi connectivity index (χ2n) is 2.63. The fraction of sp³-hybridized carbons (Fsp3) is 0.222. The Kier molecular flexibility index (Phi) is 5.18. The Hall–Kier alpha value is -1.20. The highest BCUT2D eigenvalue weighted by Gasteiger charge is 2.18. The van der Waals surface area contributed by atoms with Crippen LogP contribution in [0.15, 0.2) is 12.1 Å². The predicted molar refractivity (Wildman–Crippen MR) is 52.8 cm³/mol. The molecule has 0 amide bonds. The number of esters is 1. The SMILES string of the molecule is COC(=O)c1c(F)cc(CN)cc1F.Cl. The molecule has 0 fully saturated rings. The van der Waals surface area contributed by atoms with Gasteiger partial charge in [0.2, 0.25) is 0 Å². The molecule has 0 radical (unpaired) electrons. The maximum absolute atomic E-state index is 13.1. The highest BCUT2D eigenvalue weighted by atomic mass is 35.5.